The van der Waals surface area contributed by atoms with Gasteiger partial charge in [0.05, 0.1) is 6.04 Å². The molecule has 2 aliphatic heterocycles. The van der Waals surface area contributed by atoms with Gasteiger partial charge >= 0.3 is 0 Å². The molecular formula is C21H31ClN2. The minimum atomic E-state index is 0. The molecule has 132 valence electrons. The highest BCUT2D eigenvalue weighted by Crippen LogP contribution is 2.53. The highest BCUT2D eigenvalue weighted by molar-refractivity contribution is 5.86. The Kier molecular flexibility index (Phi) is 4.99. The van der Waals surface area contributed by atoms with Gasteiger partial charge < -0.3 is 4.57 Å². The third-order valence-electron chi connectivity index (χ3n) is 6.86. The first kappa shape index (κ1) is 17.8. The van der Waals surface area contributed by atoms with E-state index in [1.165, 1.54) is 68.2 Å². The molecule has 0 saturated carbocycles. The smallest absolute Gasteiger partial charge is 0.0560 e. The predicted molar refractivity (Wildman–Crippen MR) is 105 cm³/mol. The Hall–Kier alpha value is -0.990. The molecule has 0 amide bonds. The second-order valence-electron chi connectivity index (χ2n) is 7.64. The lowest BCUT2D eigenvalue weighted by Crippen LogP contribution is -2.44. The minimum absolute atomic E-state index is 0. The summed E-state index contributed by atoms with van der Waals surface area (Å²) in [6.07, 6.45) is 6.67. The van der Waals surface area contributed by atoms with Crippen molar-refractivity contribution in [2.24, 2.45) is 5.41 Å². The van der Waals surface area contributed by atoms with Gasteiger partial charge in [0, 0.05) is 23.1 Å². The molecule has 1 fully saturated rings. The van der Waals surface area contributed by atoms with Crippen LogP contribution in [0.25, 0.3) is 10.9 Å². The molecule has 3 heteroatoms. The van der Waals surface area contributed by atoms with E-state index in [1.54, 1.807) is 5.69 Å². The molecule has 3 heterocycles. The van der Waals surface area contributed by atoms with Gasteiger partial charge in [-0.15, -0.1) is 12.4 Å². The quantitative estimate of drug-likeness (QED) is 0.690. The maximum atomic E-state index is 2.81. The van der Waals surface area contributed by atoms with Crippen LogP contribution in [0.15, 0.2) is 24.3 Å². The van der Waals surface area contributed by atoms with E-state index in [-0.39, 0.29) is 12.4 Å². The average molecular weight is 347 g/mol. The molecule has 2 nitrogen and oxygen atoms in total. The van der Waals surface area contributed by atoms with E-state index in [0.29, 0.717) is 11.5 Å². The summed E-state index contributed by atoms with van der Waals surface area (Å²) in [7, 11) is 0. The fraction of sp³-hybridized carbons (Fsp3) is 0.619. The van der Waals surface area contributed by atoms with E-state index < -0.39 is 0 Å². The first-order valence-electron chi connectivity index (χ1n) is 9.53. The van der Waals surface area contributed by atoms with Crippen LogP contribution in [0, 0.1) is 12.3 Å². The van der Waals surface area contributed by atoms with Gasteiger partial charge in [0.15, 0.2) is 0 Å². The van der Waals surface area contributed by atoms with Crippen LogP contribution in [0.3, 0.4) is 0 Å². The highest BCUT2D eigenvalue weighted by atomic mass is 35.5. The monoisotopic (exact) mass is 346 g/mol. The van der Waals surface area contributed by atoms with E-state index in [2.05, 4.69) is 54.5 Å². The van der Waals surface area contributed by atoms with Crippen LogP contribution in [0.1, 0.15) is 63.3 Å². The Bertz CT molecular complexity index is 708. The second-order valence-corrected chi connectivity index (χ2v) is 7.64. The predicted octanol–water partition coefficient (Wildman–Crippen LogP) is 5.72. The summed E-state index contributed by atoms with van der Waals surface area (Å²) in [6.45, 7) is 11.0. The molecule has 0 spiro atoms. The molecule has 0 bridgehead atoms. The van der Waals surface area contributed by atoms with E-state index in [0.717, 1.165) is 0 Å². The van der Waals surface area contributed by atoms with Gasteiger partial charge in [0.2, 0.25) is 0 Å². The summed E-state index contributed by atoms with van der Waals surface area (Å²) in [4.78, 5) is 2.81. The number of hydrogen-bond donors (Lipinski definition) is 0. The van der Waals surface area contributed by atoms with E-state index in [4.69, 9.17) is 0 Å². The molecule has 2 aromatic rings. The van der Waals surface area contributed by atoms with Gasteiger partial charge in [-0.05, 0) is 69.2 Å². The summed E-state index contributed by atoms with van der Waals surface area (Å²) in [6, 6.07) is 9.63. The largest absolute Gasteiger partial charge is 0.343 e. The van der Waals surface area contributed by atoms with Gasteiger partial charge in [-0.1, -0.05) is 32.0 Å². The molecule has 0 aliphatic carbocycles. The number of halogens is 1. The SMILES string of the molecule is CCC1(CC)CCn2c(c(C)c3ccccc32)C1N1CCCC1.Cl. The zero-order valence-electron chi connectivity index (χ0n) is 15.3. The van der Waals surface area contributed by atoms with Crippen LogP contribution < -0.4 is 0 Å². The van der Waals surface area contributed by atoms with E-state index in [1.807, 2.05) is 0 Å². The zero-order valence-corrected chi connectivity index (χ0v) is 16.2. The number of aryl methyl sites for hydroxylation is 2. The van der Waals surface area contributed by atoms with Crippen molar-refractivity contribution in [3.05, 3.63) is 35.5 Å². The van der Waals surface area contributed by atoms with Crippen molar-refractivity contribution >= 4 is 23.3 Å². The average Bonchev–Trinajstić information content (AvgIpc) is 3.22. The summed E-state index contributed by atoms with van der Waals surface area (Å²) >= 11 is 0. The van der Waals surface area contributed by atoms with Gasteiger partial charge in [0.1, 0.15) is 0 Å². The molecular weight excluding hydrogens is 316 g/mol. The maximum absolute atomic E-state index is 2.81. The summed E-state index contributed by atoms with van der Waals surface area (Å²) in [5, 5.41) is 1.47. The summed E-state index contributed by atoms with van der Waals surface area (Å²) < 4.78 is 2.65. The Morgan fingerprint density at radius 1 is 1.04 bits per heavy atom. The van der Waals surface area contributed by atoms with Crippen molar-refractivity contribution in [1.29, 1.82) is 0 Å². The number of nitrogens with zero attached hydrogens (tertiary/aromatic N) is 2. The number of hydrogen-bond acceptors (Lipinski definition) is 1. The number of likely N-dealkylation sites (tertiary alicyclic amines) is 1. The number of rotatable bonds is 3. The third kappa shape index (κ3) is 2.42. The van der Waals surface area contributed by atoms with Gasteiger partial charge in [-0.25, -0.2) is 0 Å². The van der Waals surface area contributed by atoms with Crippen LogP contribution in [-0.2, 0) is 6.54 Å². The van der Waals surface area contributed by atoms with Crippen molar-refractivity contribution < 1.29 is 0 Å². The van der Waals surface area contributed by atoms with Gasteiger partial charge in [0.25, 0.3) is 0 Å². The minimum Gasteiger partial charge on any atom is -0.343 e. The van der Waals surface area contributed by atoms with Gasteiger partial charge in [-0.3, -0.25) is 4.90 Å². The summed E-state index contributed by atoms with van der Waals surface area (Å²) in [5.74, 6) is 0. The molecule has 1 atom stereocenters. The molecule has 0 radical (unpaired) electrons. The highest BCUT2D eigenvalue weighted by Gasteiger charge is 2.46. The molecule has 0 N–H and O–H groups in total. The van der Waals surface area contributed by atoms with Crippen LogP contribution >= 0.6 is 12.4 Å². The zero-order chi connectivity index (χ0) is 16.0. The third-order valence-corrected chi connectivity index (χ3v) is 6.86. The van der Waals surface area contributed by atoms with Crippen molar-refractivity contribution in [2.45, 2.75) is 65.5 Å². The fourth-order valence-corrected chi connectivity index (χ4v) is 5.40. The second kappa shape index (κ2) is 6.72. The molecule has 2 aliphatic rings. The first-order valence-corrected chi connectivity index (χ1v) is 9.53. The standard InChI is InChI=1S/C21H30N2.ClH/c1-4-21(5-2)12-15-23-18-11-7-6-10-17(18)16(3)19(23)20(21)22-13-8-9-14-22;/h6-7,10-11,20H,4-5,8-9,12-15H2,1-3H3;1H. The van der Waals surface area contributed by atoms with Gasteiger partial charge in [-0.2, -0.15) is 0 Å². The molecule has 1 aromatic heterocycles. The van der Waals surface area contributed by atoms with Crippen LogP contribution in [0.2, 0.25) is 0 Å². The molecule has 1 unspecified atom stereocenters. The fourth-order valence-electron chi connectivity index (χ4n) is 5.40. The Morgan fingerprint density at radius 3 is 2.38 bits per heavy atom. The molecule has 24 heavy (non-hydrogen) atoms. The molecule has 4 rings (SSSR count). The Morgan fingerprint density at radius 2 is 1.71 bits per heavy atom. The Labute approximate surface area is 152 Å². The Balaban J connectivity index is 0.00000169. The normalized spacial score (nSPS) is 23.2. The topological polar surface area (TPSA) is 8.17 Å². The number of fused-ring (bicyclic) bond motifs is 3. The molecule has 1 saturated heterocycles. The van der Waals surface area contributed by atoms with Crippen molar-refractivity contribution in [3.63, 3.8) is 0 Å². The number of benzene rings is 1. The number of aromatic nitrogens is 1. The maximum Gasteiger partial charge on any atom is 0.0560 e. The molecule has 1 aromatic carbocycles. The lowest BCUT2D eigenvalue weighted by molar-refractivity contribution is 0.0350. The van der Waals surface area contributed by atoms with E-state index >= 15 is 0 Å². The number of para-hydroxylation sites is 1. The van der Waals surface area contributed by atoms with E-state index in [9.17, 15) is 0 Å². The summed E-state index contributed by atoms with van der Waals surface area (Å²) in [5.41, 5.74) is 5.07. The van der Waals surface area contributed by atoms with Crippen LogP contribution in [0.4, 0.5) is 0 Å². The lowest BCUT2D eigenvalue weighted by Gasteiger charge is -2.48. The first-order chi connectivity index (χ1) is 11.2. The van der Waals surface area contributed by atoms with Crippen molar-refractivity contribution in [2.75, 3.05) is 13.1 Å². The van der Waals surface area contributed by atoms with Crippen molar-refractivity contribution in [1.82, 2.24) is 9.47 Å². The van der Waals surface area contributed by atoms with Crippen LogP contribution in [0.5, 0.6) is 0 Å². The van der Waals surface area contributed by atoms with Crippen molar-refractivity contribution in [3.8, 4) is 0 Å². The lowest BCUT2D eigenvalue weighted by atomic mass is 9.69. The van der Waals surface area contributed by atoms with Crippen LogP contribution in [-0.4, -0.2) is 22.6 Å².